The van der Waals surface area contributed by atoms with E-state index in [2.05, 4.69) is 31.9 Å². The number of rotatable bonds is 7. The van der Waals surface area contributed by atoms with Crippen LogP contribution in [0.1, 0.15) is 53.1 Å². The van der Waals surface area contributed by atoms with Crippen LogP contribution >= 0.6 is 28.1 Å². The van der Waals surface area contributed by atoms with Crippen LogP contribution in [0.2, 0.25) is 0 Å². The van der Waals surface area contributed by atoms with E-state index in [9.17, 15) is 9.59 Å². The van der Waals surface area contributed by atoms with Crippen LogP contribution in [0, 0.1) is 0 Å². The molecule has 0 saturated carbocycles. The average Bonchev–Trinajstić information content (AvgIpc) is 2.80. The number of hydrogen-bond acceptors (Lipinski definition) is 4. The molecule has 3 aromatic rings. The van der Waals surface area contributed by atoms with Gasteiger partial charge in [0.1, 0.15) is 5.75 Å². The fraction of sp³-hybridized carbons (Fsp3) is 0.192. The Morgan fingerprint density at radius 1 is 0.912 bits per heavy atom. The van der Waals surface area contributed by atoms with E-state index in [1.807, 2.05) is 57.2 Å². The molecule has 6 nitrogen and oxygen atoms in total. The van der Waals surface area contributed by atoms with Gasteiger partial charge in [0.05, 0.1) is 17.7 Å². The van der Waals surface area contributed by atoms with Gasteiger partial charge in [-0.25, -0.2) is 0 Å². The minimum Gasteiger partial charge on any atom is -0.490 e. The monoisotopic (exact) mass is 539 g/mol. The maximum Gasteiger partial charge on any atom is 0.261 e. The minimum absolute atomic E-state index is 0.0794. The Labute approximate surface area is 213 Å². The van der Waals surface area contributed by atoms with Crippen LogP contribution in [-0.4, -0.2) is 23.0 Å². The van der Waals surface area contributed by atoms with E-state index in [0.717, 1.165) is 10.0 Å². The zero-order valence-electron chi connectivity index (χ0n) is 19.1. The van der Waals surface area contributed by atoms with Crippen molar-refractivity contribution in [3.8, 4) is 5.75 Å². The molecule has 0 spiro atoms. The molecular weight excluding hydrogens is 514 g/mol. The highest BCUT2D eigenvalue weighted by Crippen LogP contribution is 2.24. The number of carbonyl (C=O) groups excluding carboxylic acids is 2. The molecule has 176 valence electrons. The number of nitrogens with one attached hydrogen (secondary N) is 3. The van der Waals surface area contributed by atoms with Gasteiger partial charge < -0.3 is 15.4 Å². The Hall–Kier alpha value is -3.23. The van der Waals surface area contributed by atoms with Crippen molar-refractivity contribution in [2.75, 3.05) is 5.32 Å². The van der Waals surface area contributed by atoms with Crippen LogP contribution in [0.25, 0.3) is 0 Å². The molecule has 8 heteroatoms. The summed E-state index contributed by atoms with van der Waals surface area (Å²) in [7, 11) is 0. The predicted octanol–water partition coefficient (Wildman–Crippen LogP) is 5.85. The van der Waals surface area contributed by atoms with Gasteiger partial charge in [-0.1, -0.05) is 46.3 Å². The third kappa shape index (κ3) is 7.13. The van der Waals surface area contributed by atoms with E-state index in [0.29, 0.717) is 22.6 Å². The van der Waals surface area contributed by atoms with E-state index >= 15 is 0 Å². The molecule has 0 aromatic heterocycles. The lowest BCUT2D eigenvalue weighted by Gasteiger charge is -2.16. The zero-order valence-corrected chi connectivity index (χ0v) is 21.5. The highest BCUT2D eigenvalue weighted by atomic mass is 79.9. The zero-order chi connectivity index (χ0) is 24.7. The number of hydrogen-bond donors (Lipinski definition) is 3. The van der Waals surface area contributed by atoms with Gasteiger partial charge in [-0.2, -0.15) is 0 Å². The molecule has 0 radical (unpaired) electrons. The molecule has 0 aliphatic carbocycles. The maximum atomic E-state index is 12.8. The van der Waals surface area contributed by atoms with Crippen molar-refractivity contribution >= 4 is 50.8 Å². The summed E-state index contributed by atoms with van der Waals surface area (Å²) in [4.78, 5) is 25.3. The highest BCUT2D eigenvalue weighted by Gasteiger charge is 2.16. The van der Waals surface area contributed by atoms with E-state index in [1.165, 1.54) is 0 Å². The summed E-state index contributed by atoms with van der Waals surface area (Å²) in [6.07, 6.45) is -0.0794. The minimum atomic E-state index is -0.389. The van der Waals surface area contributed by atoms with E-state index in [1.54, 1.807) is 36.4 Å². The number of ether oxygens (including phenoxy) is 1. The fourth-order valence-corrected chi connectivity index (χ4v) is 3.75. The van der Waals surface area contributed by atoms with Gasteiger partial charge in [-0.3, -0.25) is 14.9 Å². The van der Waals surface area contributed by atoms with Gasteiger partial charge in [-0.15, -0.1) is 0 Å². The van der Waals surface area contributed by atoms with E-state index in [-0.39, 0.29) is 29.1 Å². The Balaban J connectivity index is 1.59. The summed E-state index contributed by atoms with van der Waals surface area (Å²) >= 11 is 8.68. The molecule has 0 bridgehead atoms. The Morgan fingerprint density at radius 3 is 2.24 bits per heavy atom. The van der Waals surface area contributed by atoms with Crippen molar-refractivity contribution in [3.05, 3.63) is 94.0 Å². The number of halogens is 1. The van der Waals surface area contributed by atoms with Crippen molar-refractivity contribution < 1.29 is 14.3 Å². The number of carbonyl (C=O) groups is 2. The van der Waals surface area contributed by atoms with Crippen molar-refractivity contribution in [2.24, 2.45) is 0 Å². The first kappa shape index (κ1) is 25.4. The van der Waals surface area contributed by atoms with Crippen LogP contribution in [0.4, 0.5) is 5.69 Å². The quantitative estimate of drug-likeness (QED) is 0.328. The summed E-state index contributed by atoms with van der Waals surface area (Å²) < 4.78 is 6.48. The number of amides is 2. The molecule has 3 N–H and O–H groups in total. The topological polar surface area (TPSA) is 79.5 Å². The lowest BCUT2D eigenvalue weighted by Crippen LogP contribution is -2.34. The molecular formula is C26H26BrN3O3S. The molecule has 0 heterocycles. The van der Waals surface area contributed by atoms with Gasteiger partial charge in [0.25, 0.3) is 11.8 Å². The molecule has 0 saturated heterocycles. The largest absolute Gasteiger partial charge is 0.490 e. The second-order valence-electron chi connectivity index (χ2n) is 7.90. The number of anilines is 1. The van der Waals surface area contributed by atoms with Crippen LogP contribution in [-0.2, 0) is 0 Å². The molecule has 0 aliphatic rings. The standard InChI is InChI=1S/C26H26BrN3O3S/c1-16(2)33-23-14-11-20(27)15-22(23)25(32)30-26(34)29-21-12-9-19(10-13-21)24(31)28-17(3)18-7-5-4-6-8-18/h4-17H,1-3H3,(H,28,31)(H2,29,30,32,34). The third-order valence-corrected chi connectivity index (χ3v) is 5.53. The second kappa shape index (κ2) is 11.8. The van der Waals surface area contributed by atoms with Gasteiger partial charge in [0.2, 0.25) is 0 Å². The van der Waals surface area contributed by atoms with Gasteiger partial charge in [0, 0.05) is 15.7 Å². The lowest BCUT2D eigenvalue weighted by atomic mass is 10.1. The first-order valence-corrected chi connectivity index (χ1v) is 12.0. The number of benzene rings is 3. The summed E-state index contributed by atoms with van der Waals surface area (Å²) in [5, 5.41) is 8.75. The summed E-state index contributed by atoms with van der Waals surface area (Å²) in [5.41, 5.74) is 2.56. The summed E-state index contributed by atoms with van der Waals surface area (Å²) in [6.45, 7) is 5.72. The highest BCUT2D eigenvalue weighted by molar-refractivity contribution is 9.10. The first-order valence-electron chi connectivity index (χ1n) is 10.8. The summed E-state index contributed by atoms with van der Waals surface area (Å²) in [5.74, 6) is -0.0925. The molecule has 3 rings (SSSR count). The predicted molar refractivity (Wildman–Crippen MR) is 142 cm³/mol. The average molecular weight is 540 g/mol. The lowest BCUT2D eigenvalue weighted by molar-refractivity contribution is 0.0937. The first-order chi connectivity index (χ1) is 16.2. The molecule has 0 fully saturated rings. The van der Waals surface area contributed by atoms with Crippen molar-refractivity contribution in [1.29, 1.82) is 0 Å². The van der Waals surface area contributed by atoms with Crippen molar-refractivity contribution in [3.63, 3.8) is 0 Å². The molecule has 2 amide bonds. The Morgan fingerprint density at radius 2 is 1.59 bits per heavy atom. The molecule has 0 aliphatic heterocycles. The van der Waals surface area contributed by atoms with Crippen LogP contribution in [0.5, 0.6) is 5.75 Å². The van der Waals surface area contributed by atoms with E-state index < -0.39 is 0 Å². The normalized spacial score (nSPS) is 11.4. The smallest absolute Gasteiger partial charge is 0.261 e. The number of thiocarbonyl (C=S) groups is 1. The maximum absolute atomic E-state index is 12.8. The Kier molecular flexibility index (Phi) is 8.79. The molecule has 34 heavy (non-hydrogen) atoms. The van der Waals surface area contributed by atoms with Crippen LogP contribution < -0.4 is 20.7 Å². The van der Waals surface area contributed by atoms with Crippen LogP contribution in [0.15, 0.2) is 77.3 Å². The molecule has 1 atom stereocenters. The van der Waals surface area contributed by atoms with Gasteiger partial charge in [0.15, 0.2) is 5.11 Å². The summed E-state index contributed by atoms with van der Waals surface area (Å²) in [6, 6.07) is 21.7. The van der Waals surface area contributed by atoms with Crippen molar-refractivity contribution in [1.82, 2.24) is 10.6 Å². The SMILES string of the molecule is CC(C)Oc1ccc(Br)cc1C(=O)NC(=S)Nc1ccc(C(=O)NC(C)c2ccccc2)cc1. The fourth-order valence-electron chi connectivity index (χ4n) is 3.18. The second-order valence-corrected chi connectivity index (χ2v) is 9.22. The van der Waals surface area contributed by atoms with Crippen molar-refractivity contribution in [2.45, 2.75) is 32.9 Å². The Bertz CT molecular complexity index is 1170. The van der Waals surface area contributed by atoms with E-state index in [4.69, 9.17) is 17.0 Å². The molecule has 3 aromatic carbocycles. The van der Waals surface area contributed by atoms with Crippen LogP contribution in [0.3, 0.4) is 0 Å². The third-order valence-electron chi connectivity index (χ3n) is 4.83. The van der Waals surface area contributed by atoms with Gasteiger partial charge in [-0.05, 0) is 81.0 Å². The molecule has 1 unspecified atom stereocenters. The van der Waals surface area contributed by atoms with Gasteiger partial charge >= 0.3 is 0 Å².